The van der Waals surface area contributed by atoms with Crippen LogP contribution in [0.25, 0.3) is 11.4 Å². The maximum atomic E-state index is 12.7. The first kappa shape index (κ1) is 20.7. The molecule has 0 unspecified atom stereocenters. The molecule has 150 valence electrons. The van der Waals surface area contributed by atoms with Crippen LogP contribution in [0, 0.1) is 0 Å². The van der Waals surface area contributed by atoms with Gasteiger partial charge in [0.25, 0.3) is 0 Å². The van der Waals surface area contributed by atoms with Crippen LogP contribution in [-0.2, 0) is 17.9 Å². The van der Waals surface area contributed by atoms with Crippen LogP contribution in [0.5, 0.6) is 5.75 Å². The predicted octanol–water partition coefficient (Wildman–Crippen LogP) is 3.89. The van der Waals surface area contributed by atoms with Gasteiger partial charge in [0.05, 0.1) is 12.9 Å². The van der Waals surface area contributed by atoms with Gasteiger partial charge in [-0.05, 0) is 6.07 Å². The van der Waals surface area contributed by atoms with E-state index in [0.717, 1.165) is 22.7 Å². The van der Waals surface area contributed by atoms with E-state index in [-0.39, 0.29) is 11.7 Å². The van der Waals surface area contributed by atoms with E-state index in [0.29, 0.717) is 18.2 Å². The van der Waals surface area contributed by atoms with Crippen molar-refractivity contribution in [2.75, 3.05) is 19.9 Å². The average Bonchev–Trinajstić information content (AvgIpc) is 3.15. The molecule has 1 aromatic heterocycles. The standard InChI is InChI=1S/C22H24N4O2S/c1-4-14-26-21(17-10-6-5-7-11-17)23-24-22(26)29-16-20(27)25(2)15-18-12-8-9-13-19(18)28-3/h4-13H,1,14-16H2,2-3H3. The van der Waals surface area contributed by atoms with Gasteiger partial charge in [0.15, 0.2) is 11.0 Å². The zero-order valence-corrected chi connectivity index (χ0v) is 17.4. The van der Waals surface area contributed by atoms with Crippen molar-refractivity contribution in [3.63, 3.8) is 0 Å². The smallest absolute Gasteiger partial charge is 0.233 e. The highest BCUT2D eigenvalue weighted by molar-refractivity contribution is 7.99. The number of hydrogen-bond acceptors (Lipinski definition) is 5. The molecule has 0 saturated heterocycles. The van der Waals surface area contributed by atoms with Crippen molar-refractivity contribution >= 4 is 17.7 Å². The number of nitrogens with zero attached hydrogens (tertiary/aromatic N) is 4. The lowest BCUT2D eigenvalue weighted by Crippen LogP contribution is -2.28. The Bertz CT molecular complexity index is 972. The van der Waals surface area contributed by atoms with Crippen LogP contribution in [0.3, 0.4) is 0 Å². The minimum Gasteiger partial charge on any atom is -0.496 e. The third-order valence-electron chi connectivity index (χ3n) is 4.41. The molecule has 3 rings (SSSR count). The number of carbonyl (C=O) groups excluding carboxylic acids is 1. The van der Waals surface area contributed by atoms with Crippen LogP contribution in [0.15, 0.2) is 72.4 Å². The number of ether oxygens (including phenoxy) is 1. The molecule has 0 aliphatic carbocycles. The van der Waals surface area contributed by atoms with E-state index in [2.05, 4.69) is 16.8 Å². The molecular formula is C22H24N4O2S. The highest BCUT2D eigenvalue weighted by Crippen LogP contribution is 2.25. The molecule has 0 aliphatic heterocycles. The van der Waals surface area contributed by atoms with Crippen LogP contribution in [-0.4, -0.2) is 45.5 Å². The lowest BCUT2D eigenvalue weighted by atomic mass is 10.2. The Kier molecular flexibility index (Phi) is 7.08. The summed E-state index contributed by atoms with van der Waals surface area (Å²) in [7, 11) is 3.42. The monoisotopic (exact) mass is 408 g/mol. The van der Waals surface area contributed by atoms with E-state index < -0.39 is 0 Å². The molecule has 0 bridgehead atoms. The van der Waals surface area contributed by atoms with Gasteiger partial charge in [0.2, 0.25) is 5.91 Å². The number of rotatable bonds is 9. The van der Waals surface area contributed by atoms with E-state index in [1.54, 1.807) is 25.1 Å². The van der Waals surface area contributed by atoms with Crippen molar-refractivity contribution in [2.45, 2.75) is 18.2 Å². The van der Waals surface area contributed by atoms with Crippen LogP contribution in [0.1, 0.15) is 5.56 Å². The number of hydrogen-bond donors (Lipinski definition) is 0. The zero-order valence-electron chi connectivity index (χ0n) is 16.6. The topological polar surface area (TPSA) is 60.2 Å². The first-order chi connectivity index (χ1) is 14.1. The summed E-state index contributed by atoms with van der Waals surface area (Å²) >= 11 is 1.38. The third kappa shape index (κ3) is 5.06. The second-order valence-electron chi connectivity index (χ2n) is 6.42. The predicted molar refractivity (Wildman–Crippen MR) is 116 cm³/mol. The Labute approximate surface area is 175 Å². The molecule has 29 heavy (non-hydrogen) atoms. The molecule has 0 N–H and O–H groups in total. The molecular weight excluding hydrogens is 384 g/mol. The van der Waals surface area contributed by atoms with Gasteiger partial charge in [-0.1, -0.05) is 66.4 Å². The summed E-state index contributed by atoms with van der Waals surface area (Å²) in [4.78, 5) is 14.3. The largest absolute Gasteiger partial charge is 0.496 e. The molecule has 3 aromatic rings. The van der Waals surface area contributed by atoms with Gasteiger partial charge in [0.1, 0.15) is 5.75 Å². The lowest BCUT2D eigenvalue weighted by molar-refractivity contribution is -0.127. The molecule has 0 fully saturated rings. The van der Waals surface area contributed by atoms with E-state index in [1.165, 1.54) is 11.8 Å². The van der Waals surface area contributed by atoms with Crippen molar-refractivity contribution in [1.29, 1.82) is 0 Å². The normalized spacial score (nSPS) is 10.6. The number of aromatic nitrogens is 3. The Balaban J connectivity index is 1.68. The van der Waals surface area contributed by atoms with Gasteiger partial charge >= 0.3 is 0 Å². The van der Waals surface area contributed by atoms with Gasteiger partial charge in [-0.3, -0.25) is 9.36 Å². The van der Waals surface area contributed by atoms with Gasteiger partial charge in [0, 0.05) is 31.3 Å². The van der Waals surface area contributed by atoms with E-state index >= 15 is 0 Å². The summed E-state index contributed by atoms with van der Waals surface area (Å²) in [6.45, 7) is 4.88. The van der Waals surface area contributed by atoms with Crippen LogP contribution in [0.2, 0.25) is 0 Å². The molecule has 1 heterocycles. The molecule has 0 radical (unpaired) electrons. The number of carbonyl (C=O) groups is 1. The fourth-order valence-corrected chi connectivity index (χ4v) is 3.79. The molecule has 0 saturated carbocycles. The van der Waals surface area contributed by atoms with Crippen molar-refractivity contribution in [3.8, 4) is 17.1 Å². The van der Waals surface area contributed by atoms with Crippen LogP contribution in [0.4, 0.5) is 0 Å². The first-order valence-electron chi connectivity index (χ1n) is 9.22. The number of para-hydroxylation sites is 1. The molecule has 0 atom stereocenters. The number of amides is 1. The molecule has 7 heteroatoms. The summed E-state index contributed by atoms with van der Waals surface area (Å²) in [6, 6.07) is 17.6. The number of allylic oxidation sites excluding steroid dienone is 1. The van der Waals surface area contributed by atoms with E-state index in [4.69, 9.17) is 4.74 Å². The number of benzene rings is 2. The summed E-state index contributed by atoms with van der Waals surface area (Å²) < 4.78 is 7.34. The SMILES string of the molecule is C=CCn1c(SCC(=O)N(C)Cc2ccccc2OC)nnc1-c1ccccc1. The highest BCUT2D eigenvalue weighted by atomic mass is 32.2. The Morgan fingerprint density at radius 2 is 1.90 bits per heavy atom. The fourth-order valence-electron chi connectivity index (χ4n) is 2.90. The van der Waals surface area contributed by atoms with Gasteiger partial charge in [-0.15, -0.1) is 16.8 Å². The summed E-state index contributed by atoms with van der Waals surface area (Å²) in [5.41, 5.74) is 1.95. The second-order valence-corrected chi connectivity index (χ2v) is 7.36. The first-order valence-corrected chi connectivity index (χ1v) is 10.2. The maximum Gasteiger partial charge on any atom is 0.233 e. The molecule has 2 aromatic carbocycles. The van der Waals surface area contributed by atoms with Crippen LogP contribution >= 0.6 is 11.8 Å². The molecule has 0 aliphatic rings. The molecule has 0 spiro atoms. The highest BCUT2D eigenvalue weighted by Gasteiger charge is 2.17. The number of methoxy groups -OCH3 is 1. The minimum absolute atomic E-state index is 0.00956. The fraction of sp³-hybridized carbons (Fsp3) is 0.227. The Morgan fingerprint density at radius 3 is 2.62 bits per heavy atom. The Hall–Kier alpha value is -3.06. The third-order valence-corrected chi connectivity index (χ3v) is 5.36. The average molecular weight is 409 g/mol. The summed E-state index contributed by atoms with van der Waals surface area (Å²) in [5.74, 6) is 1.83. The van der Waals surface area contributed by atoms with Crippen molar-refractivity contribution < 1.29 is 9.53 Å². The quantitative estimate of drug-likeness (QED) is 0.397. The van der Waals surface area contributed by atoms with E-state index in [1.807, 2.05) is 59.2 Å². The van der Waals surface area contributed by atoms with Gasteiger partial charge in [-0.25, -0.2) is 0 Å². The lowest BCUT2D eigenvalue weighted by Gasteiger charge is -2.18. The van der Waals surface area contributed by atoms with Gasteiger partial charge < -0.3 is 9.64 Å². The zero-order chi connectivity index (χ0) is 20.6. The Morgan fingerprint density at radius 1 is 1.17 bits per heavy atom. The van der Waals surface area contributed by atoms with Crippen LogP contribution < -0.4 is 4.74 Å². The summed E-state index contributed by atoms with van der Waals surface area (Å²) in [6.07, 6.45) is 1.80. The minimum atomic E-state index is 0.00956. The van der Waals surface area contributed by atoms with Gasteiger partial charge in [-0.2, -0.15) is 0 Å². The van der Waals surface area contributed by atoms with Crippen molar-refractivity contribution in [3.05, 3.63) is 72.8 Å². The van der Waals surface area contributed by atoms with Crippen molar-refractivity contribution in [1.82, 2.24) is 19.7 Å². The maximum absolute atomic E-state index is 12.7. The van der Waals surface area contributed by atoms with Crippen molar-refractivity contribution in [2.24, 2.45) is 0 Å². The number of thioether (sulfide) groups is 1. The molecule has 1 amide bonds. The molecule has 6 nitrogen and oxygen atoms in total. The summed E-state index contributed by atoms with van der Waals surface area (Å²) in [5, 5.41) is 9.31. The second kappa shape index (κ2) is 9.93. The van der Waals surface area contributed by atoms with E-state index in [9.17, 15) is 4.79 Å².